The number of nitrogens with one attached hydrogen (secondary N) is 4. The third-order valence-corrected chi connectivity index (χ3v) is 13.2. The van der Waals surface area contributed by atoms with Crippen LogP contribution in [-0.2, 0) is 28.4 Å². The fourth-order valence-electron chi connectivity index (χ4n) is 10.3. The molecule has 10 atom stereocenters. The van der Waals surface area contributed by atoms with Gasteiger partial charge in [0.1, 0.15) is 17.2 Å². The van der Waals surface area contributed by atoms with Crippen molar-refractivity contribution in [1.29, 1.82) is 0 Å². The molecule has 3 aliphatic carbocycles. The van der Waals surface area contributed by atoms with Gasteiger partial charge in [-0.2, -0.15) is 0 Å². The highest BCUT2D eigenvalue weighted by Crippen LogP contribution is 2.65. The van der Waals surface area contributed by atoms with Gasteiger partial charge in [0.15, 0.2) is 5.78 Å². The quantitative estimate of drug-likeness (QED) is 0.0775. The summed E-state index contributed by atoms with van der Waals surface area (Å²) in [5, 5.41) is 39.2. The Labute approximate surface area is 358 Å². The van der Waals surface area contributed by atoms with E-state index in [1.54, 1.807) is 11.8 Å². The van der Waals surface area contributed by atoms with Crippen LogP contribution in [0, 0.1) is 29.1 Å². The van der Waals surface area contributed by atoms with Crippen LogP contribution in [-0.4, -0.2) is 145 Å². The standard InChI is InChI=1S/C31H54BN3O7.C10H22BN3O4/c1-19(36)25-21(12-11-13-32-41-24-17-20-16-23(30(20,8)9)31(24,10)42-32)22(18-35(25)27(38)40-29(5,6)7)33-14-15-34-26(37)39-28(2,3)4;12-4-5-13-8-6-14-9(10(15)16)7(8)2-1-3-11(17)18/h20-25,33H,11-18H2,1-10H3,(H,34,37);7-9,13-14,17-18H,1-6,12H2,(H,15,16)/t20-,21+,22-,23-,24+,25+,31-;7-,8+,9+/m01/s1. The van der Waals surface area contributed by atoms with E-state index in [9.17, 15) is 19.2 Å². The summed E-state index contributed by atoms with van der Waals surface area (Å²) in [7, 11) is -1.57. The predicted molar refractivity (Wildman–Crippen MR) is 229 cm³/mol. The Morgan fingerprint density at radius 1 is 0.933 bits per heavy atom. The second kappa shape index (κ2) is 20.8. The van der Waals surface area contributed by atoms with Gasteiger partial charge in [-0.3, -0.25) is 14.5 Å². The van der Waals surface area contributed by atoms with Crippen LogP contribution in [0.5, 0.6) is 0 Å². The van der Waals surface area contributed by atoms with Gasteiger partial charge in [-0.05, 0) is 111 Å². The van der Waals surface area contributed by atoms with Gasteiger partial charge in [0.05, 0.1) is 17.7 Å². The van der Waals surface area contributed by atoms with Gasteiger partial charge in [0.25, 0.3) is 0 Å². The number of hydrogen-bond donors (Lipinski definition) is 8. The van der Waals surface area contributed by atoms with Crippen LogP contribution in [0.4, 0.5) is 9.59 Å². The zero-order valence-corrected chi connectivity index (χ0v) is 37.9. The van der Waals surface area contributed by atoms with Gasteiger partial charge in [-0.15, -0.1) is 0 Å². The number of hydrogen-bond acceptors (Lipinski definition) is 14. The molecule has 0 aromatic rings. The summed E-state index contributed by atoms with van der Waals surface area (Å²) in [5.41, 5.74) is 4.23. The van der Waals surface area contributed by atoms with E-state index >= 15 is 0 Å². The van der Waals surface area contributed by atoms with Gasteiger partial charge in [-0.25, -0.2) is 9.59 Å². The Morgan fingerprint density at radius 2 is 1.58 bits per heavy atom. The summed E-state index contributed by atoms with van der Waals surface area (Å²) < 4.78 is 24.1. The smallest absolute Gasteiger partial charge is 0.457 e. The summed E-state index contributed by atoms with van der Waals surface area (Å²) in [6.07, 6.45) is 5.23. The molecular weight excluding hydrogens is 774 g/mol. The van der Waals surface area contributed by atoms with Crippen LogP contribution in [0.3, 0.4) is 0 Å². The Hall–Kier alpha value is -2.51. The number of carbonyl (C=O) groups is 4. The molecule has 19 heteroatoms. The third-order valence-electron chi connectivity index (χ3n) is 13.2. The first-order valence-electron chi connectivity index (χ1n) is 22.2. The van der Waals surface area contributed by atoms with E-state index in [1.807, 2.05) is 41.5 Å². The zero-order chi connectivity index (χ0) is 44.8. The molecular formula is C41H76B2N6O11. The van der Waals surface area contributed by atoms with E-state index in [2.05, 4.69) is 42.0 Å². The normalized spacial score (nSPS) is 31.7. The third kappa shape index (κ3) is 13.0. The molecule has 0 spiro atoms. The fraction of sp³-hybridized carbons (Fsp3) is 0.902. The lowest BCUT2D eigenvalue weighted by atomic mass is 9.43. The minimum atomic E-state index is -1.32. The maximum absolute atomic E-state index is 13.2. The molecule has 2 amide bonds. The number of nitrogens with two attached hydrogens (primary N) is 1. The summed E-state index contributed by atoms with van der Waals surface area (Å²) in [6, 6.07) is -1.22. The molecule has 3 saturated carbocycles. The minimum absolute atomic E-state index is 0.0483. The van der Waals surface area contributed by atoms with Gasteiger partial charge in [0, 0.05) is 63.2 Å². The maximum Gasteiger partial charge on any atom is 0.457 e. The molecule has 6 aliphatic rings. The SMILES string of the molecule is CC(=O)[C@@H]1[C@H](CCCB2O[C@@H]3C[C@@H]4C[C@@H](C4(C)C)[C@]3(C)O2)[C@@H](NCCNC(=O)OC(C)(C)C)CN1C(=O)OC(C)(C)C.NCCN[C@H]1CN[C@H](C(=O)O)[C@@H]1CCCB(O)O. The van der Waals surface area contributed by atoms with Crippen molar-refractivity contribution in [3.05, 3.63) is 0 Å². The largest absolute Gasteiger partial charge is 0.480 e. The molecule has 2 bridgehead atoms. The number of carboxylic acid groups (broad SMARTS) is 1. The van der Waals surface area contributed by atoms with Crippen molar-refractivity contribution >= 4 is 38.2 Å². The summed E-state index contributed by atoms with van der Waals surface area (Å²) in [4.78, 5) is 50.9. The Morgan fingerprint density at radius 3 is 2.17 bits per heavy atom. The van der Waals surface area contributed by atoms with Crippen LogP contribution < -0.4 is 27.0 Å². The lowest BCUT2D eigenvalue weighted by Crippen LogP contribution is -2.65. The molecule has 3 aliphatic heterocycles. The van der Waals surface area contributed by atoms with Gasteiger partial charge in [0.2, 0.25) is 0 Å². The van der Waals surface area contributed by atoms with Gasteiger partial charge in [-0.1, -0.05) is 26.7 Å². The summed E-state index contributed by atoms with van der Waals surface area (Å²) in [5.74, 6) is 0.141. The van der Waals surface area contributed by atoms with Crippen molar-refractivity contribution in [2.45, 2.75) is 167 Å². The highest BCUT2D eigenvalue weighted by molar-refractivity contribution is 6.45. The number of Topliss-reactive ketones (excluding diaryl/α,β-unsaturated/α-hetero) is 1. The average Bonchev–Trinajstić information content (AvgIpc) is 3.80. The number of alkyl carbamates (subject to hydrolysis) is 1. The van der Waals surface area contributed by atoms with Crippen molar-refractivity contribution in [2.24, 2.45) is 34.8 Å². The number of ketones is 1. The van der Waals surface area contributed by atoms with Crippen LogP contribution in [0.25, 0.3) is 0 Å². The number of aliphatic carboxylic acids is 1. The predicted octanol–water partition coefficient (Wildman–Crippen LogP) is 2.63. The van der Waals surface area contributed by atoms with Crippen molar-refractivity contribution < 1.29 is 53.1 Å². The second-order valence-electron chi connectivity index (χ2n) is 20.3. The van der Waals surface area contributed by atoms with Crippen LogP contribution >= 0.6 is 0 Å². The second-order valence-corrected chi connectivity index (χ2v) is 20.3. The molecule has 60 heavy (non-hydrogen) atoms. The molecule has 0 aromatic heterocycles. The Bertz CT molecular complexity index is 1460. The first kappa shape index (κ1) is 50.1. The minimum Gasteiger partial charge on any atom is -0.480 e. The van der Waals surface area contributed by atoms with Gasteiger partial charge >= 0.3 is 32.4 Å². The van der Waals surface area contributed by atoms with E-state index in [-0.39, 0.29) is 54.8 Å². The van der Waals surface area contributed by atoms with Crippen molar-refractivity contribution in [3.63, 3.8) is 0 Å². The number of carboxylic acids is 1. The molecule has 0 radical (unpaired) electrons. The lowest BCUT2D eigenvalue weighted by Gasteiger charge is -2.64. The fourth-order valence-corrected chi connectivity index (χ4v) is 10.3. The van der Waals surface area contributed by atoms with E-state index in [0.29, 0.717) is 69.4 Å². The molecule has 3 heterocycles. The van der Waals surface area contributed by atoms with E-state index in [1.165, 1.54) is 6.42 Å². The monoisotopic (exact) mass is 851 g/mol. The zero-order valence-electron chi connectivity index (χ0n) is 37.9. The highest BCUT2D eigenvalue weighted by atomic mass is 16.7. The molecule has 3 saturated heterocycles. The topological polar surface area (TPSA) is 243 Å². The van der Waals surface area contributed by atoms with Crippen molar-refractivity contribution in [2.75, 3.05) is 39.3 Å². The number of likely N-dealkylation sites (tertiary alicyclic amines) is 1. The van der Waals surface area contributed by atoms with E-state index in [4.69, 9.17) is 39.7 Å². The summed E-state index contributed by atoms with van der Waals surface area (Å²) in [6.45, 7) is 22.4. The Balaban J connectivity index is 0.000000369. The van der Waals surface area contributed by atoms with Crippen LogP contribution in [0.2, 0.25) is 12.6 Å². The number of nitrogens with zero attached hydrogens (tertiary/aromatic N) is 1. The van der Waals surface area contributed by atoms with Gasteiger partial charge < -0.3 is 60.9 Å². The number of ether oxygens (including phenoxy) is 2. The number of amides is 2. The molecule has 6 rings (SSSR count). The first-order valence-corrected chi connectivity index (χ1v) is 22.2. The van der Waals surface area contributed by atoms with E-state index in [0.717, 1.165) is 25.6 Å². The lowest BCUT2D eigenvalue weighted by molar-refractivity contribution is -0.199. The number of rotatable bonds is 17. The number of carbonyl (C=O) groups excluding carboxylic acids is 3. The maximum atomic E-state index is 13.2. The Kier molecular flexibility index (Phi) is 17.4. The van der Waals surface area contributed by atoms with E-state index < -0.39 is 48.6 Å². The molecule has 17 nitrogen and oxygen atoms in total. The molecule has 6 fully saturated rings. The highest BCUT2D eigenvalue weighted by Gasteiger charge is 2.67. The van der Waals surface area contributed by atoms with Crippen molar-refractivity contribution in [3.8, 4) is 0 Å². The molecule has 342 valence electrons. The molecule has 9 N–H and O–H groups in total. The summed E-state index contributed by atoms with van der Waals surface area (Å²) >= 11 is 0. The average molecular weight is 851 g/mol. The van der Waals surface area contributed by atoms with Crippen LogP contribution in [0.1, 0.15) is 108 Å². The van der Waals surface area contributed by atoms with Crippen LogP contribution in [0.15, 0.2) is 0 Å². The first-order chi connectivity index (χ1) is 27.9. The van der Waals surface area contributed by atoms with Crippen molar-refractivity contribution in [1.82, 2.24) is 26.2 Å². The molecule has 0 unspecified atom stereocenters. The molecule has 0 aromatic carbocycles.